The lowest BCUT2D eigenvalue weighted by atomic mass is 9.94. The molecule has 3 N–H and O–H groups in total. The third-order valence-corrected chi connectivity index (χ3v) is 1.97. The topological polar surface area (TPSA) is 121 Å². The van der Waals surface area contributed by atoms with Gasteiger partial charge >= 0.3 is 17.9 Å². The van der Waals surface area contributed by atoms with E-state index in [1.807, 2.05) is 0 Å². The molecule has 0 bridgehead atoms. The molecular weight excluding hydrogens is 316 g/mol. The molecule has 140 valence electrons. The molecule has 0 rings (SSSR count). The molecule has 0 heterocycles. The van der Waals surface area contributed by atoms with Crippen molar-refractivity contribution in [2.45, 2.75) is 41.0 Å². The third kappa shape index (κ3) is 50.5. The number of hydrogen-bond donors (Lipinski definition) is 3. The highest BCUT2D eigenvalue weighted by molar-refractivity contribution is 5.83. The Balaban J connectivity index is -0.000000114. The SMILES string of the molecule is C=C(OCC)C(=O)O.C=CC(=O)O.C=CC(=O)O.CCC(C)(C)C. The molecule has 7 nitrogen and oxygen atoms in total. The average Bonchev–Trinajstić information content (AvgIpc) is 2.48. The van der Waals surface area contributed by atoms with Crippen LogP contribution in [0.25, 0.3) is 0 Å². The summed E-state index contributed by atoms with van der Waals surface area (Å²) in [6.07, 6.45) is 2.94. The highest BCUT2D eigenvalue weighted by atomic mass is 16.5. The predicted molar refractivity (Wildman–Crippen MR) is 93.8 cm³/mol. The van der Waals surface area contributed by atoms with E-state index in [4.69, 9.17) is 15.3 Å². The van der Waals surface area contributed by atoms with Gasteiger partial charge in [0.2, 0.25) is 0 Å². The smallest absolute Gasteiger partial charge is 0.370 e. The monoisotopic (exact) mass is 346 g/mol. The molecule has 0 aromatic rings. The van der Waals surface area contributed by atoms with Crippen molar-refractivity contribution in [3.8, 4) is 0 Å². The predicted octanol–water partition coefficient (Wildman–Crippen LogP) is 3.58. The number of carboxylic acids is 3. The van der Waals surface area contributed by atoms with E-state index >= 15 is 0 Å². The molecule has 0 aromatic carbocycles. The van der Waals surface area contributed by atoms with E-state index in [0.29, 0.717) is 12.0 Å². The van der Waals surface area contributed by atoms with E-state index in [1.54, 1.807) is 6.92 Å². The zero-order chi connectivity index (χ0) is 20.3. The molecule has 24 heavy (non-hydrogen) atoms. The Morgan fingerprint density at radius 3 is 1.25 bits per heavy atom. The van der Waals surface area contributed by atoms with Crippen LogP contribution in [0.2, 0.25) is 0 Å². The summed E-state index contributed by atoms with van der Waals surface area (Å²) in [6.45, 7) is 20.0. The molecular formula is C17H30O7. The molecule has 0 atom stereocenters. The van der Waals surface area contributed by atoms with Crippen molar-refractivity contribution < 1.29 is 34.4 Å². The fourth-order valence-corrected chi connectivity index (χ4v) is 0.236. The first kappa shape index (κ1) is 29.4. The second-order valence-corrected chi connectivity index (χ2v) is 5.16. The van der Waals surface area contributed by atoms with Gasteiger partial charge < -0.3 is 20.1 Å². The van der Waals surface area contributed by atoms with E-state index in [0.717, 1.165) is 12.2 Å². The van der Waals surface area contributed by atoms with Crippen molar-refractivity contribution in [1.82, 2.24) is 0 Å². The summed E-state index contributed by atoms with van der Waals surface area (Å²) in [4.78, 5) is 28.4. The first-order valence-corrected chi connectivity index (χ1v) is 7.04. The molecule has 7 heteroatoms. The van der Waals surface area contributed by atoms with Gasteiger partial charge in [0.1, 0.15) is 0 Å². The van der Waals surface area contributed by atoms with Gasteiger partial charge in [0.15, 0.2) is 5.76 Å². The van der Waals surface area contributed by atoms with Gasteiger partial charge in [0, 0.05) is 12.2 Å². The maximum atomic E-state index is 9.86. The molecule has 0 amide bonds. The standard InChI is InChI=1S/C6H14.C5H8O3.2C3H4O2/c1-5-6(2,3)4;1-3-8-4(2)5(6)7;2*1-2-3(4)5/h5H2,1-4H3;2-3H2,1H3,(H,6,7);2*2H,1H2,(H,4,5). The van der Waals surface area contributed by atoms with E-state index in [9.17, 15) is 14.4 Å². The van der Waals surface area contributed by atoms with Crippen molar-refractivity contribution >= 4 is 17.9 Å². The molecule has 0 radical (unpaired) electrons. The number of rotatable bonds is 5. The van der Waals surface area contributed by atoms with E-state index in [1.165, 1.54) is 6.42 Å². The van der Waals surface area contributed by atoms with Crippen LogP contribution in [0, 0.1) is 5.41 Å². The zero-order valence-corrected chi connectivity index (χ0v) is 15.2. The molecule has 0 aromatic heterocycles. The number of carbonyl (C=O) groups is 3. The summed E-state index contributed by atoms with van der Waals surface area (Å²) < 4.78 is 4.51. The van der Waals surface area contributed by atoms with E-state index < -0.39 is 17.9 Å². The Morgan fingerprint density at radius 1 is 0.958 bits per heavy atom. The van der Waals surface area contributed by atoms with Crippen molar-refractivity contribution in [3.05, 3.63) is 37.6 Å². The van der Waals surface area contributed by atoms with Crippen LogP contribution in [-0.2, 0) is 19.1 Å². The van der Waals surface area contributed by atoms with E-state index in [2.05, 4.69) is 52.2 Å². The summed E-state index contributed by atoms with van der Waals surface area (Å²) in [7, 11) is 0. The van der Waals surface area contributed by atoms with Crippen molar-refractivity contribution in [2.75, 3.05) is 6.61 Å². The molecule has 0 aliphatic heterocycles. The lowest BCUT2D eigenvalue weighted by Crippen LogP contribution is -2.02. The Bertz CT molecular complexity index is 386. The number of aliphatic carboxylic acids is 3. The van der Waals surface area contributed by atoms with Crippen LogP contribution in [0.15, 0.2) is 37.6 Å². The minimum atomic E-state index is -1.10. The second kappa shape index (κ2) is 18.5. The van der Waals surface area contributed by atoms with Crippen LogP contribution in [0.5, 0.6) is 0 Å². The Hall–Kier alpha value is -2.57. The maximum Gasteiger partial charge on any atom is 0.370 e. The fourth-order valence-electron chi connectivity index (χ4n) is 0.236. The number of hydrogen-bond acceptors (Lipinski definition) is 4. The molecule has 0 fully saturated rings. The first-order valence-electron chi connectivity index (χ1n) is 7.04. The summed E-state index contributed by atoms with van der Waals surface area (Å²) >= 11 is 0. The van der Waals surface area contributed by atoms with Gasteiger partial charge in [0.05, 0.1) is 6.61 Å². The lowest BCUT2D eigenvalue weighted by molar-refractivity contribution is -0.136. The van der Waals surface area contributed by atoms with Gasteiger partial charge in [-0.1, -0.05) is 47.3 Å². The first-order chi connectivity index (χ1) is 10.8. The normalized spacial score (nSPS) is 8.38. The van der Waals surface area contributed by atoms with Gasteiger partial charge in [-0.15, -0.1) is 0 Å². The van der Waals surface area contributed by atoms with Crippen molar-refractivity contribution in [2.24, 2.45) is 5.41 Å². The third-order valence-electron chi connectivity index (χ3n) is 1.97. The molecule has 0 spiro atoms. The second-order valence-electron chi connectivity index (χ2n) is 5.16. The zero-order valence-electron chi connectivity index (χ0n) is 15.2. The Kier molecular flexibility index (Phi) is 22.7. The lowest BCUT2D eigenvalue weighted by Gasteiger charge is -2.12. The van der Waals surface area contributed by atoms with E-state index in [-0.39, 0.29) is 5.76 Å². The maximum absolute atomic E-state index is 9.86. The van der Waals surface area contributed by atoms with Crippen molar-refractivity contribution in [1.29, 1.82) is 0 Å². The largest absolute Gasteiger partial charge is 0.487 e. The van der Waals surface area contributed by atoms with Crippen LogP contribution in [0.3, 0.4) is 0 Å². The van der Waals surface area contributed by atoms with Gasteiger partial charge in [-0.05, 0) is 18.9 Å². The Labute approximate surface area is 144 Å². The molecule has 0 saturated heterocycles. The van der Waals surface area contributed by atoms with Crippen LogP contribution in [0.4, 0.5) is 0 Å². The summed E-state index contributed by atoms with van der Waals surface area (Å²) in [5.74, 6) is -3.27. The van der Waals surface area contributed by atoms with Gasteiger partial charge in [-0.2, -0.15) is 0 Å². The summed E-state index contributed by atoms with van der Waals surface area (Å²) in [6, 6.07) is 0. The van der Waals surface area contributed by atoms with Gasteiger partial charge in [-0.3, -0.25) is 0 Å². The van der Waals surface area contributed by atoms with Crippen LogP contribution < -0.4 is 0 Å². The van der Waals surface area contributed by atoms with Crippen LogP contribution in [0.1, 0.15) is 41.0 Å². The number of ether oxygens (including phenoxy) is 1. The van der Waals surface area contributed by atoms with Crippen LogP contribution in [-0.4, -0.2) is 39.8 Å². The molecule has 0 unspecified atom stereocenters. The minimum Gasteiger partial charge on any atom is -0.487 e. The molecule has 0 aliphatic carbocycles. The number of carboxylic acid groups (broad SMARTS) is 3. The summed E-state index contributed by atoms with van der Waals surface area (Å²) in [5, 5.41) is 23.3. The molecule has 0 saturated carbocycles. The average molecular weight is 346 g/mol. The van der Waals surface area contributed by atoms with Gasteiger partial charge in [-0.25, -0.2) is 14.4 Å². The fraction of sp³-hybridized carbons (Fsp3) is 0.471. The Morgan fingerprint density at radius 2 is 1.21 bits per heavy atom. The highest BCUT2D eigenvalue weighted by Crippen LogP contribution is 2.16. The van der Waals surface area contributed by atoms with Crippen LogP contribution >= 0.6 is 0 Å². The minimum absolute atomic E-state index is 0.201. The summed E-state index contributed by atoms with van der Waals surface area (Å²) in [5.41, 5.74) is 0.542. The quantitative estimate of drug-likeness (QED) is 0.514. The molecule has 0 aliphatic rings. The highest BCUT2D eigenvalue weighted by Gasteiger charge is 2.03. The van der Waals surface area contributed by atoms with Gasteiger partial charge in [0.25, 0.3) is 0 Å². The van der Waals surface area contributed by atoms with Crippen molar-refractivity contribution in [3.63, 3.8) is 0 Å².